The molecule has 0 spiro atoms. The van der Waals surface area contributed by atoms with Gasteiger partial charge in [0, 0.05) is 32.3 Å². The van der Waals surface area contributed by atoms with Crippen molar-refractivity contribution in [2.24, 2.45) is 0 Å². The highest BCUT2D eigenvalue weighted by molar-refractivity contribution is 5.94. The molecule has 2 N–H and O–H groups in total. The second-order valence-electron chi connectivity index (χ2n) is 5.20. The Hall–Kier alpha value is -1.66. The molecule has 1 aromatic carbocycles. The van der Waals surface area contributed by atoms with E-state index in [1.807, 2.05) is 0 Å². The molecule has 0 bridgehead atoms. The second kappa shape index (κ2) is 7.38. The molecule has 0 radical (unpaired) electrons. The predicted octanol–water partition coefficient (Wildman–Crippen LogP) is 1.37. The number of benzene rings is 1. The fourth-order valence-electron chi connectivity index (χ4n) is 2.50. The first-order valence-corrected chi connectivity index (χ1v) is 7.12. The van der Waals surface area contributed by atoms with Gasteiger partial charge in [0.15, 0.2) is 0 Å². The fourth-order valence-corrected chi connectivity index (χ4v) is 2.50. The zero-order valence-corrected chi connectivity index (χ0v) is 12.1. The maximum atomic E-state index is 13.8. The van der Waals surface area contributed by atoms with Crippen molar-refractivity contribution in [3.63, 3.8) is 0 Å². The summed E-state index contributed by atoms with van der Waals surface area (Å²) in [6.07, 6.45) is 2.10. The lowest BCUT2D eigenvalue weighted by molar-refractivity contribution is 0.0674. The van der Waals surface area contributed by atoms with E-state index in [2.05, 4.69) is 5.32 Å². The van der Waals surface area contributed by atoms with E-state index in [0.717, 1.165) is 25.5 Å². The third-order valence-electron chi connectivity index (χ3n) is 3.64. The summed E-state index contributed by atoms with van der Waals surface area (Å²) in [4.78, 5) is 14.1. The van der Waals surface area contributed by atoms with Crippen LogP contribution in [0.4, 0.5) is 4.39 Å². The van der Waals surface area contributed by atoms with E-state index in [1.165, 1.54) is 12.1 Å². The number of ether oxygens (including phenoxy) is 1. The molecule has 1 atom stereocenters. The molecule has 1 heterocycles. The summed E-state index contributed by atoms with van der Waals surface area (Å²) in [6, 6.07) is 3.83. The predicted molar refractivity (Wildman–Crippen MR) is 76.9 cm³/mol. The van der Waals surface area contributed by atoms with E-state index < -0.39 is 5.82 Å². The van der Waals surface area contributed by atoms with E-state index in [4.69, 9.17) is 4.74 Å². The van der Waals surface area contributed by atoms with Gasteiger partial charge in [-0.1, -0.05) is 0 Å². The van der Waals surface area contributed by atoms with Gasteiger partial charge in [-0.3, -0.25) is 4.79 Å². The zero-order valence-electron chi connectivity index (χ0n) is 12.1. The molecule has 1 saturated heterocycles. The van der Waals surface area contributed by atoms with Crippen LogP contribution in [0, 0.1) is 5.82 Å². The summed E-state index contributed by atoms with van der Waals surface area (Å²) < 4.78 is 18.9. The summed E-state index contributed by atoms with van der Waals surface area (Å²) >= 11 is 0. The van der Waals surface area contributed by atoms with Crippen molar-refractivity contribution in [1.82, 2.24) is 10.2 Å². The maximum Gasteiger partial charge on any atom is 0.256 e. The van der Waals surface area contributed by atoms with E-state index in [-0.39, 0.29) is 23.3 Å². The first-order chi connectivity index (χ1) is 10.1. The Bertz CT molecular complexity index is 490. The van der Waals surface area contributed by atoms with Gasteiger partial charge in [-0.25, -0.2) is 4.39 Å². The molecule has 1 unspecified atom stereocenters. The van der Waals surface area contributed by atoms with Crippen LogP contribution in [0.5, 0.6) is 5.75 Å². The van der Waals surface area contributed by atoms with Gasteiger partial charge >= 0.3 is 0 Å². The van der Waals surface area contributed by atoms with Gasteiger partial charge < -0.3 is 20.1 Å². The lowest BCUT2D eigenvalue weighted by Gasteiger charge is -2.26. The first kappa shape index (κ1) is 15.7. The lowest BCUT2D eigenvalue weighted by atomic mass is 10.1. The van der Waals surface area contributed by atoms with Gasteiger partial charge in [0.2, 0.25) is 0 Å². The SMILES string of the molecule is COCCN(CC1CCCN1)C(=O)c1ccc(O)cc1F. The molecule has 1 amide bonds. The van der Waals surface area contributed by atoms with Crippen LogP contribution in [0.2, 0.25) is 0 Å². The number of aromatic hydroxyl groups is 1. The molecule has 5 nitrogen and oxygen atoms in total. The Morgan fingerprint density at radius 3 is 3.00 bits per heavy atom. The first-order valence-electron chi connectivity index (χ1n) is 7.12. The number of phenols is 1. The Morgan fingerprint density at radius 1 is 1.57 bits per heavy atom. The molecule has 0 aliphatic carbocycles. The number of carbonyl (C=O) groups excluding carboxylic acids is 1. The van der Waals surface area contributed by atoms with Crippen LogP contribution >= 0.6 is 0 Å². The van der Waals surface area contributed by atoms with E-state index >= 15 is 0 Å². The van der Waals surface area contributed by atoms with Gasteiger partial charge in [0.05, 0.1) is 12.2 Å². The smallest absolute Gasteiger partial charge is 0.256 e. The van der Waals surface area contributed by atoms with Gasteiger partial charge in [-0.15, -0.1) is 0 Å². The van der Waals surface area contributed by atoms with Gasteiger partial charge in [-0.05, 0) is 31.5 Å². The topological polar surface area (TPSA) is 61.8 Å². The number of phenolic OH excluding ortho intramolecular Hbond substituents is 1. The van der Waals surface area contributed by atoms with Crippen LogP contribution in [0.15, 0.2) is 18.2 Å². The minimum atomic E-state index is -0.707. The van der Waals surface area contributed by atoms with Crippen molar-refractivity contribution in [2.75, 3.05) is 33.4 Å². The average Bonchev–Trinajstić information content (AvgIpc) is 2.95. The highest BCUT2D eigenvalue weighted by atomic mass is 19.1. The Kier molecular flexibility index (Phi) is 5.52. The van der Waals surface area contributed by atoms with E-state index in [9.17, 15) is 14.3 Å². The monoisotopic (exact) mass is 296 g/mol. The van der Waals surface area contributed by atoms with E-state index in [0.29, 0.717) is 19.7 Å². The van der Waals surface area contributed by atoms with Crippen molar-refractivity contribution in [2.45, 2.75) is 18.9 Å². The normalized spacial score (nSPS) is 17.9. The molecule has 1 aromatic rings. The number of nitrogens with one attached hydrogen (secondary N) is 1. The Morgan fingerprint density at radius 2 is 2.38 bits per heavy atom. The molecular formula is C15H21FN2O3. The summed E-state index contributed by atoms with van der Waals surface area (Å²) in [5, 5.41) is 12.6. The Labute approximate surface area is 123 Å². The maximum absolute atomic E-state index is 13.8. The molecule has 116 valence electrons. The average molecular weight is 296 g/mol. The summed E-state index contributed by atoms with van der Waals surface area (Å²) in [5.41, 5.74) is -0.0260. The minimum absolute atomic E-state index is 0.0260. The molecule has 6 heteroatoms. The van der Waals surface area contributed by atoms with Crippen molar-refractivity contribution >= 4 is 5.91 Å². The van der Waals surface area contributed by atoms with Crippen LogP contribution in [0.3, 0.4) is 0 Å². The molecule has 2 rings (SSSR count). The number of halogens is 1. The summed E-state index contributed by atoms with van der Waals surface area (Å²) in [5.74, 6) is -1.27. The van der Waals surface area contributed by atoms with Crippen molar-refractivity contribution in [3.8, 4) is 5.75 Å². The molecule has 1 aliphatic rings. The number of hydrogen-bond donors (Lipinski definition) is 2. The van der Waals surface area contributed by atoms with Crippen molar-refractivity contribution < 1.29 is 19.0 Å². The quantitative estimate of drug-likeness (QED) is 0.832. The summed E-state index contributed by atoms with van der Waals surface area (Å²) in [6.45, 7) is 2.29. The van der Waals surface area contributed by atoms with Gasteiger partial charge in [0.1, 0.15) is 11.6 Å². The molecule has 0 aromatic heterocycles. The summed E-state index contributed by atoms with van der Waals surface area (Å²) in [7, 11) is 1.57. The van der Waals surface area contributed by atoms with Crippen LogP contribution in [0.25, 0.3) is 0 Å². The number of amides is 1. The Balaban J connectivity index is 2.11. The van der Waals surface area contributed by atoms with Crippen molar-refractivity contribution in [1.29, 1.82) is 0 Å². The highest BCUT2D eigenvalue weighted by Gasteiger charge is 2.24. The molecule has 21 heavy (non-hydrogen) atoms. The number of hydrogen-bond acceptors (Lipinski definition) is 4. The number of carbonyl (C=O) groups is 1. The van der Waals surface area contributed by atoms with Crippen LogP contribution in [-0.2, 0) is 4.74 Å². The standard InChI is InChI=1S/C15H21FN2O3/c1-21-8-7-18(10-11-3-2-6-17-11)15(20)13-5-4-12(19)9-14(13)16/h4-5,9,11,17,19H,2-3,6-8,10H2,1H3. The lowest BCUT2D eigenvalue weighted by Crippen LogP contribution is -2.43. The van der Waals surface area contributed by atoms with Gasteiger partial charge in [-0.2, -0.15) is 0 Å². The third kappa shape index (κ3) is 4.15. The molecule has 0 saturated carbocycles. The van der Waals surface area contributed by atoms with E-state index in [1.54, 1.807) is 12.0 Å². The van der Waals surface area contributed by atoms with Gasteiger partial charge in [0.25, 0.3) is 5.91 Å². The molecular weight excluding hydrogens is 275 g/mol. The zero-order chi connectivity index (χ0) is 15.2. The van der Waals surface area contributed by atoms with Crippen molar-refractivity contribution in [3.05, 3.63) is 29.6 Å². The molecule has 1 aliphatic heterocycles. The number of rotatable bonds is 6. The largest absolute Gasteiger partial charge is 0.508 e. The second-order valence-corrected chi connectivity index (χ2v) is 5.20. The third-order valence-corrected chi connectivity index (χ3v) is 3.64. The number of methoxy groups -OCH3 is 1. The fraction of sp³-hybridized carbons (Fsp3) is 0.533. The molecule has 1 fully saturated rings. The minimum Gasteiger partial charge on any atom is -0.508 e. The number of nitrogens with zero attached hydrogens (tertiary/aromatic N) is 1. The van der Waals surface area contributed by atoms with Crippen LogP contribution in [-0.4, -0.2) is 55.3 Å². The van der Waals surface area contributed by atoms with Crippen LogP contribution < -0.4 is 5.32 Å². The van der Waals surface area contributed by atoms with Crippen LogP contribution in [0.1, 0.15) is 23.2 Å². The highest BCUT2D eigenvalue weighted by Crippen LogP contribution is 2.17.